The fraction of sp³-hybridized carbons (Fsp3) is 0.118. The molecule has 0 atom stereocenters. The third kappa shape index (κ3) is 4.27. The number of halogens is 3. The van der Waals surface area contributed by atoms with Gasteiger partial charge in [0.05, 0.1) is 10.5 Å². The van der Waals surface area contributed by atoms with Crippen LogP contribution in [-0.4, -0.2) is 33.8 Å². The molecule has 154 valence electrons. The minimum atomic E-state index is -6.01. The summed E-state index contributed by atoms with van der Waals surface area (Å²) >= 11 is 0. The summed E-state index contributed by atoms with van der Waals surface area (Å²) in [5.41, 5.74) is -5.28. The summed E-state index contributed by atoms with van der Waals surface area (Å²) in [5.74, 6) is -0.992. The lowest BCUT2D eigenvalue weighted by molar-refractivity contribution is -0.0507. The van der Waals surface area contributed by atoms with E-state index in [0.717, 1.165) is 6.26 Å². The highest BCUT2D eigenvalue weighted by Crippen LogP contribution is 2.41. The maximum atomic E-state index is 12.7. The number of hydrogen-bond donors (Lipinski definition) is 0. The van der Waals surface area contributed by atoms with Crippen LogP contribution in [0.3, 0.4) is 0 Å². The molecule has 3 aromatic rings. The molecule has 0 fully saturated rings. The minimum Gasteiger partial charge on any atom is -0.336 e. The average molecular weight is 447 g/mol. The van der Waals surface area contributed by atoms with Gasteiger partial charge in [-0.25, -0.2) is 8.42 Å². The van der Waals surface area contributed by atoms with Gasteiger partial charge in [-0.3, -0.25) is 0 Å². The fourth-order valence-electron chi connectivity index (χ4n) is 2.40. The summed E-state index contributed by atoms with van der Waals surface area (Å²) < 4.78 is 93.2. The molecule has 0 amide bonds. The van der Waals surface area contributed by atoms with Crippen LogP contribution in [0.15, 0.2) is 64.0 Å². The molecule has 2 aromatic carbocycles. The van der Waals surface area contributed by atoms with Crippen LogP contribution >= 0.6 is 0 Å². The van der Waals surface area contributed by atoms with E-state index in [0.29, 0.717) is 5.56 Å². The molecular formula is C17H12F3NO6S2. The predicted molar refractivity (Wildman–Crippen MR) is 96.1 cm³/mol. The minimum absolute atomic E-state index is 0.0186. The molecule has 0 bridgehead atoms. The third-order valence-electron chi connectivity index (χ3n) is 3.75. The Bertz CT molecular complexity index is 1230. The van der Waals surface area contributed by atoms with Crippen LogP contribution in [0.5, 0.6) is 5.95 Å². The van der Waals surface area contributed by atoms with Crippen molar-refractivity contribution >= 4 is 20.0 Å². The number of rotatable bonds is 5. The lowest BCUT2D eigenvalue weighted by atomic mass is 10.0. The highest BCUT2D eigenvalue weighted by atomic mass is 32.2. The number of aromatic nitrogens is 1. The van der Waals surface area contributed by atoms with Crippen molar-refractivity contribution in [1.82, 2.24) is 5.16 Å². The quantitative estimate of drug-likeness (QED) is 0.434. The van der Waals surface area contributed by atoms with Gasteiger partial charge in [0.15, 0.2) is 9.84 Å². The van der Waals surface area contributed by atoms with E-state index in [1.165, 1.54) is 24.3 Å². The van der Waals surface area contributed by atoms with Gasteiger partial charge < -0.3 is 8.71 Å². The maximum absolute atomic E-state index is 12.7. The number of alkyl halides is 3. The number of hydrogen-bond acceptors (Lipinski definition) is 7. The molecule has 0 aliphatic carbocycles. The summed E-state index contributed by atoms with van der Waals surface area (Å²) in [7, 11) is -9.54. The Morgan fingerprint density at radius 1 is 0.897 bits per heavy atom. The Labute approximate surface area is 163 Å². The van der Waals surface area contributed by atoms with E-state index in [9.17, 15) is 30.0 Å². The molecule has 1 heterocycles. The van der Waals surface area contributed by atoms with Crippen molar-refractivity contribution in [2.75, 3.05) is 6.26 Å². The van der Waals surface area contributed by atoms with Gasteiger partial charge in [0, 0.05) is 11.8 Å². The predicted octanol–water partition coefficient (Wildman–Crippen LogP) is 3.64. The summed E-state index contributed by atoms with van der Waals surface area (Å²) in [6.45, 7) is 0. The molecule has 29 heavy (non-hydrogen) atoms. The van der Waals surface area contributed by atoms with Gasteiger partial charge in [-0.1, -0.05) is 47.6 Å². The Balaban J connectivity index is 2.18. The second kappa shape index (κ2) is 7.19. The van der Waals surface area contributed by atoms with Crippen molar-refractivity contribution in [3.8, 4) is 28.3 Å². The fourth-order valence-corrected chi connectivity index (χ4v) is 3.43. The number of benzene rings is 2. The molecule has 0 N–H and O–H groups in total. The summed E-state index contributed by atoms with van der Waals surface area (Å²) in [4.78, 5) is -0.0376. The molecular weight excluding hydrogens is 435 g/mol. The lowest BCUT2D eigenvalue weighted by Crippen LogP contribution is -2.28. The van der Waals surface area contributed by atoms with E-state index >= 15 is 0 Å². The van der Waals surface area contributed by atoms with Crippen LogP contribution in [0.1, 0.15) is 0 Å². The van der Waals surface area contributed by atoms with Crippen LogP contribution in [0, 0.1) is 0 Å². The highest BCUT2D eigenvalue weighted by Gasteiger charge is 2.49. The van der Waals surface area contributed by atoms with Gasteiger partial charge in [0.2, 0.25) is 0 Å². The zero-order chi connectivity index (χ0) is 21.4. The molecule has 12 heteroatoms. The van der Waals surface area contributed by atoms with Crippen LogP contribution in [0.2, 0.25) is 0 Å². The zero-order valence-corrected chi connectivity index (χ0v) is 16.2. The van der Waals surface area contributed by atoms with E-state index in [1.54, 1.807) is 30.3 Å². The number of nitrogens with zero attached hydrogens (tertiary/aromatic N) is 1. The summed E-state index contributed by atoms with van der Waals surface area (Å²) in [6.07, 6.45) is 0.987. The first-order chi connectivity index (χ1) is 13.4. The summed E-state index contributed by atoms with van der Waals surface area (Å²) in [5, 5.41) is 3.65. The standard InChI is InChI=1S/C17H12F3NO6S2/c1-28(22,23)13-9-7-11(8-10-13)14-15(12-5-3-2-4-6-12)21-26-16(14)27-29(24,25)17(18,19)20/h2-10H,1H3. The van der Waals surface area contributed by atoms with Crippen LogP contribution in [-0.2, 0) is 20.0 Å². The van der Waals surface area contributed by atoms with Gasteiger partial charge in [-0.05, 0) is 17.7 Å². The van der Waals surface area contributed by atoms with Crippen molar-refractivity contribution in [2.24, 2.45) is 0 Å². The number of sulfone groups is 1. The maximum Gasteiger partial charge on any atom is 0.534 e. The normalized spacial score (nSPS) is 12.7. The van der Waals surface area contributed by atoms with Gasteiger partial charge in [0.25, 0.3) is 0 Å². The molecule has 0 saturated carbocycles. The van der Waals surface area contributed by atoms with Gasteiger partial charge in [-0.2, -0.15) is 21.6 Å². The molecule has 0 spiro atoms. The van der Waals surface area contributed by atoms with Crippen molar-refractivity contribution in [3.63, 3.8) is 0 Å². The van der Waals surface area contributed by atoms with Crippen molar-refractivity contribution in [3.05, 3.63) is 54.6 Å². The first kappa shape index (κ1) is 20.9. The largest absolute Gasteiger partial charge is 0.534 e. The molecule has 7 nitrogen and oxygen atoms in total. The van der Waals surface area contributed by atoms with Gasteiger partial charge >= 0.3 is 21.6 Å². The van der Waals surface area contributed by atoms with Crippen molar-refractivity contribution < 1.29 is 38.7 Å². The first-order valence-corrected chi connectivity index (χ1v) is 11.1. The topological polar surface area (TPSA) is 104 Å². The summed E-state index contributed by atoms with van der Waals surface area (Å²) in [6, 6.07) is 13.1. The Morgan fingerprint density at radius 3 is 2.00 bits per heavy atom. The molecule has 1 aromatic heterocycles. The van der Waals surface area contributed by atoms with Crippen LogP contribution in [0.25, 0.3) is 22.4 Å². The second-order valence-corrected chi connectivity index (χ2v) is 9.39. The average Bonchev–Trinajstić information content (AvgIpc) is 3.03. The van der Waals surface area contributed by atoms with Gasteiger partial charge in [-0.15, -0.1) is 0 Å². The third-order valence-corrected chi connectivity index (χ3v) is 5.81. The smallest absolute Gasteiger partial charge is 0.336 e. The lowest BCUT2D eigenvalue weighted by Gasteiger charge is -2.09. The van der Waals surface area contributed by atoms with E-state index in [1.807, 2.05) is 0 Å². The van der Waals surface area contributed by atoms with E-state index in [2.05, 4.69) is 9.34 Å². The van der Waals surface area contributed by atoms with Crippen molar-refractivity contribution in [1.29, 1.82) is 0 Å². The van der Waals surface area contributed by atoms with Crippen molar-refractivity contribution in [2.45, 2.75) is 10.4 Å². The van der Waals surface area contributed by atoms with E-state index in [-0.39, 0.29) is 21.7 Å². The van der Waals surface area contributed by atoms with E-state index in [4.69, 9.17) is 4.52 Å². The molecule has 0 saturated heterocycles. The van der Waals surface area contributed by atoms with Gasteiger partial charge in [0.1, 0.15) is 5.69 Å². The molecule has 0 unspecified atom stereocenters. The Kier molecular flexibility index (Phi) is 5.17. The second-order valence-electron chi connectivity index (χ2n) is 5.84. The Morgan fingerprint density at radius 2 is 1.48 bits per heavy atom. The first-order valence-electron chi connectivity index (χ1n) is 7.76. The van der Waals surface area contributed by atoms with E-state index < -0.39 is 31.4 Å². The molecule has 0 radical (unpaired) electrons. The monoisotopic (exact) mass is 447 g/mol. The molecule has 3 rings (SSSR count). The van der Waals surface area contributed by atoms with Crippen LogP contribution < -0.4 is 4.18 Å². The highest BCUT2D eigenvalue weighted by molar-refractivity contribution is 7.90. The van der Waals surface area contributed by atoms with Crippen LogP contribution in [0.4, 0.5) is 13.2 Å². The molecule has 0 aliphatic heterocycles. The Hall–Kier alpha value is -2.86. The molecule has 0 aliphatic rings. The SMILES string of the molecule is CS(=O)(=O)c1ccc(-c2c(-c3ccccc3)noc2OS(=O)(=O)C(F)(F)F)cc1. The zero-order valence-electron chi connectivity index (χ0n) is 14.5.